The van der Waals surface area contributed by atoms with Crippen LogP contribution in [0.3, 0.4) is 0 Å². The number of hydrogen-bond acceptors (Lipinski definition) is 8. The van der Waals surface area contributed by atoms with Crippen molar-refractivity contribution >= 4 is 11.7 Å². The molecule has 0 amide bonds. The van der Waals surface area contributed by atoms with E-state index in [1.54, 1.807) is 39.2 Å². The number of carbonyl (C=O) groups is 1. The highest BCUT2D eigenvalue weighted by Gasteiger charge is 2.43. The van der Waals surface area contributed by atoms with E-state index >= 15 is 0 Å². The van der Waals surface area contributed by atoms with E-state index in [9.17, 15) is 4.79 Å². The predicted octanol–water partition coefficient (Wildman–Crippen LogP) is 4.64. The van der Waals surface area contributed by atoms with Gasteiger partial charge in [0.1, 0.15) is 17.5 Å². The lowest BCUT2D eigenvalue weighted by molar-refractivity contribution is -0.118. The summed E-state index contributed by atoms with van der Waals surface area (Å²) in [6.45, 7) is 4.20. The van der Waals surface area contributed by atoms with Crippen LogP contribution in [-0.2, 0) is 4.79 Å². The molecule has 2 heterocycles. The Hall–Kier alpha value is -4.01. The van der Waals surface area contributed by atoms with Gasteiger partial charge in [0.2, 0.25) is 5.95 Å². The van der Waals surface area contributed by atoms with E-state index in [1.807, 2.05) is 30.3 Å². The second-order valence-corrected chi connectivity index (χ2v) is 9.75. The van der Waals surface area contributed by atoms with Crippen LogP contribution in [0.15, 0.2) is 47.7 Å². The van der Waals surface area contributed by atoms with E-state index < -0.39 is 6.04 Å². The van der Waals surface area contributed by atoms with E-state index in [0.29, 0.717) is 53.2 Å². The van der Waals surface area contributed by atoms with Crippen LogP contribution in [0.1, 0.15) is 38.3 Å². The molecule has 1 aliphatic carbocycles. The zero-order valence-corrected chi connectivity index (χ0v) is 21.3. The minimum absolute atomic E-state index is 0.0691. The lowest BCUT2D eigenvalue weighted by Gasteiger charge is -2.38. The van der Waals surface area contributed by atoms with Gasteiger partial charge in [0.15, 0.2) is 23.1 Å². The summed E-state index contributed by atoms with van der Waals surface area (Å²) < 4.78 is 24.0. The Labute approximate surface area is 210 Å². The highest BCUT2D eigenvalue weighted by Crippen LogP contribution is 2.49. The number of nitrogens with one attached hydrogen (secondary N) is 1. The number of fused-ring (bicyclic) bond motifs is 1. The molecule has 0 bridgehead atoms. The maximum atomic E-state index is 13.6. The average molecular weight is 491 g/mol. The minimum atomic E-state index is -0.554. The van der Waals surface area contributed by atoms with Crippen LogP contribution in [0.5, 0.6) is 23.0 Å². The summed E-state index contributed by atoms with van der Waals surface area (Å²) >= 11 is 0. The first-order valence-corrected chi connectivity index (χ1v) is 11.7. The van der Waals surface area contributed by atoms with Crippen molar-refractivity contribution in [3.05, 3.63) is 53.2 Å². The number of anilines is 1. The summed E-state index contributed by atoms with van der Waals surface area (Å²) in [7, 11) is 6.37. The molecule has 0 spiro atoms. The number of carbonyl (C=O) groups excluding carboxylic acids is 1. The van der Waals surface area contributed by atoms with E-state index in [1.165, 1.54) is 0 Å². The zero-order chi connectivity index (χ0) is 25.6. The van der Waals surface area contributed by atoms with Crippen molar-refractivity contribution < 1.29 is 23.7 Å². The van der Waals surface area contributed by atoms with Gasteiger partial charge in [-0.1, -0.05) is 26.0 Å². The van der Waals surface area contributed by atoms with E-state index in [-0.39, 0.29) is 11.2 Å². The van der Waals surface area contributed by atoms with Gasteiger partial charge in [0.05, 0.1) is 28.4 Å². The van der Waals surface area contributed by atoms with Gasteiger partial charge in [0, 0.05) is 34.9 Å². The molecular weight excluding hydrogens is 460 g/mol. The number of allylic oxidation sites excluding steroid dienone is 2. The third-order valence-corrected chi connectivity index (χ3v) is 6.69. The van der Waals surface area contributed by atoms with Crippen molar-refractivity contribution in [3.63, 3.8) is 0 Å². The Morgan fingerprint density at radius 2 is 1.67 bits per heavy atom. The van der Waals surface area contributed by atoms with Crippen LogP contribution in [0.25, 0.3) is 11.4 Å². The first-order chi connectivity index (χ1) is 17.3. The third-order valence-electron chi connectivity index (χ3n) is 6.69. The summed E-state index contributed by atoms with van der Waals surface area (Å²) in [5.74, 6) is 3.49. The largest absolute Gasteiger partial charge is 0.497 e. The molecule has 0 saturated heterocycles. The summed E-state index contributed by atoms with van der Waals surface area (Å²) in [6.07, 6.45) is 1.15. The molecule has 0 radical (unpaired) electrons. The van der Waals surface area contributed by atoms with E-state index in [0.717, 1.165) is 16.8 Å². The zero-order valence-electron chi connectivity index (χ0n) is 21.3. The molecule has 36 heavy (non-hydrogen) atoms. The molecule has 0 fully saturated rings. The molecule has 1 aromatic heterocycles. The van der Waals surface area contributed by atoms with Crippen molar-refractivity contribution in [1.29, 1.82) is 0 Å². The van der Waals surface area contributed by atoms with E-state index in [4.69, 9.17) is 29.0 Å². The van der Waals surface area contributed by atoms with Gasteiger partial charge < -0.3 is 24.3 Å². The number of rotatable bonds is 6. The van der Waals surface area contributed by atoms with Gasteiger partial charge in [-0.05, 0) is 30.0 Å². The Kier molecular flexibility index (Phi) is 5.86. The Morgan fingerprint density at radius 3 is 2.36 bits per heavy atom. The Bertz CT molecular complexity index is 1370. The fourth-order valence-corrected chi connectivity index (χ4v) is 5.05. The monoisotopic (exact) mass is 490 g/mol. The maximum Gasteiger partial charge on any atom is 0.226 e. The van der Waals surface area contributed by atoms with Gasteiger partial charge in [-0.15, -0.1) is 5.10 Å². The van der Waals surface area contributed by atoms with Crippen LogP contribution in [0.2, 0.25) is 0 Å². The lowest BCUT2D eigenvalue weighted by Crippen LogP contribution is -2.36. The summed E-state index contributed by atoms with van der Waals surface area (Å²) in [4.78, 5) is 18.4. The molecule has 2 aliphatic rings. The van der Waals surface area contributed by atoms with Gasteiger partial charge >= 0.3 is 0 Å². The molecule has 1 N–H and O–H groups in total. The molecule has 1 atom stereocenters. The smallest absolute Gasteiger partial charge is 0.226 e. The number of hydrogen-bond donors (Lipinski definition) is 1. The molecule has 5 rings (SSSR count). The molecular formula is C27H30N4O5. The molecule has 3 aromatic rings. The Morgan fingerprint density at radius 1 is 0.944 bits per heavy atom. The molecule has 9 nitrogen and oxygen atoms in total. The van der Waals surface area contributed by atoms with Crippen molar-refractivity contribution in [1.82, 2.24) is 14.8 Å². The van der Waals surface area contributed by atoms with Crippen molar-refractivity contribution in [2.75, 3.05) is 33.8 Å². The quantitative estimate of drug-likeness (QED) is 0.534. The normalized spacial score (nSPS) is 18.2. The van der Waals surface area contributed by atoms with Crippen LogP contribution in [-0.4, -0.2) is 49.0 Å². The number of nitrogens with zero attached hydrogens (tertiary/aromatic N) is 3. The summed E-state index contributed by atoms with van der Waals surface area (Å²) in [5.41, 5.74) is 2.89. The van der Waals surface area contributed by atoms with Gasteiger partial charge in [0.25, 0.3) is 0 Å². The molecule has 9 heteroatoms. The average Bonchev–Trinajstić information content (AvgIpc) is 3.29. The number of Topliss-reactive ketones (excluding diaryl/α,β-unsaturated/α-hetero) is 1. The number of ether oxygens (including phenoxy) is 4. The Balaban J connectivity index is 1.74. The van der Waals surface area contributed by atoms with Gasteiger partial charge in [-0.25, -0.2) is 4.68 Å². The fraction of sp³-hybridized carbons (Fsp3) is 0.370. The van der Waals surface area contributed by atoms with Crippen LogP contribution >= 0.6 is 0 Å². The second-order valence-electron chi connectivity index (χ2n) is 9.75. The number of methoxy groups -OCH3 is 4. The molecule has 188 valence electrons. The standard InChI is InChI=1S/C27H30N4O5/c1-27(2)13-18-23(19(32)14-27)24(17-11-21(35-5)22(36-6)12-20(17)34-4)31-26(28-18)29-25(30-31)15-8-7-9-16(10-15)33-3/h7-12,24H,13-14H2,1-6H3,(H,28,29,30). The van der Waals surface area contributed by atoms with Crippen LogP contribution in [0, 0.1) is 5.41 Å². The SMILES string of the molecule is COc1cccc(-c2nc3n(n2)C(c2cc(OC)c(OC)cc2OC)C2=C(CC(C)(C)CC2=O)N3)c1. The predicted molar refractivity (Wildman–Crippen MR) is 135 cm³/mol. The third kappa shape index (κ3) is 3.94. The van der Waals surface area contributed by atoms with Crippen LogP contribution < -0.4 is 24.3 Å². The number of benzene rings is 2. The van der Waals surface area contributed by atoms with Crippen molar-refractivity contribution in [2.24, 2.45) is 5.41 Å². The second kappa shape index (κ2) is 8.89. The molecule has 1 aliphatic heterocycles. The van der Waals surface area contributed by atoms with Crippen LogP contribution in [0.4, 0.5) is 5.95 Å². The van der Waals surface area contributed by atoms with Gasteiger partial charge in [-0.2, -0.15) is 4.98 Å². The van der Waals surface area contributed by atoms with Crippen molar-refractivity contribution in [2.45, 2.75) is 32.7 Å². The first kappa shape index (κ1) is 23.7. The summed E-state index contributed by atoms with van der Waals surface area (Å²) in [6, 6.07) is 10.6. The van der Waals surface area contributed by atoms with Gasteiger partial charge in [-0.3, -0.25) is 4.79 Å². The topological polar surface area (TPSA) is 96.7 Å². The first-order valence-electron chi connectivity index (χ1n) is 11.7. The maximum absolute atomic E-state index is 13.6. The highest BCUT2D eigenvalue weighted by atomic mass is 16.5. The molecule has 0 saturated carbocycles. The highest BCUT2D eigenvalue weighted by molar-refractivity contribution is 6.00. The van der Waals surface area contributed by atoms with Crippen molar-refractivity contribution in [3.8, 4) is 34.4 Å². The fourth-order valence-electron chi connectivity index (χ4n) is 5.05. The summed E-state index contributed by atoms with van der Waals surface area (Å²) in [5, 5.41) is 8.28. The molecule has 2 aromatic carbocycles. The number of aromatic nitrogens is 3. The van der Waals surface area contributed by atoms with E-state index in [2.05, 4.69) is 19.2 Å². The molecule has 1 unspecified atom stereocenters. The lowest BCUT2D eigenvalue weighted by atomic mass is 9.73. The number of ketones is 1. The minimum Gasteiger partial charge on any atom is -0.497 e.